The van der Waals surface area contributed by atoms with Gasteiger partial charge in [0.25, 0.3) is 0 Å². The standard InChI is InChI=1S/C12H18N4/c13-12-4-3-8(6-12)5-11(12)16-7-10(14-15-16)9-1-2-9/h7-9,11H,1-6,13H2. The van der Waals surface area contributed by atoms with Crippen molar-refractivity contribution in [2.45, 2.75) is 56.0 Å². The van der Waals surface area contributed by atoms with Crippen LogP contribution in [0.2, 0.25) is 0 Å². The molecule has 0 amide bonds. The molecule has 4 heteroatoms. The minimum Gasteiger partial charge on any atom is -0.323 e. The van der Waals surface area contributed by atoms with Gasteiger partial charge in [0.05, 0.1) is 11.7 Å². The van der Waals surface area contributed by atoms with Gasteiger partial charge in [-0.15, -0.1) is 5.10 Å². The van der Waals surface area contributed by atoms with E-state index in [1.165, 1.54) is 44.2 Å². The molecule has 3 saturated carbocycles. The summed E-state index contributed by atoms with van der Waals surface area (Å²) in [6.07, 6.45) is 9.62. The van der Waals surface area contributed by atoms with E-state index >= 15 is 0 Å². The van der Waals surface area contributed by atoms with Crippen molar-refractivity contribution in [2.75, 3.05) is 0 Å². The van der Waals surface area contributed by atoms with Gasteiger partial charge in [-0.2, -0.15) is 0 Å². The van der Waals surface area contributed by atoms with Crippen LogP contribution in [-0.4, -0.2) is 20.5 Å². The highest BCUT2D eigenvalue weighted by Crippen LogP contribution is 2.52. The van der Waals surface area contributed by atoms with E-state index in [4.69, 9.17) is 5.73 Å². The largest absolute Gasteiger partial charge is 0.323 e. The van der Waals surface area contributed by atoms with Gasteiger partial charge < -0.3 is 5.73 Å². The van der Waals surface area contributed by atoms with Gasteiger partial charge in [0, 0.05) is 17.7 Å². The Balaban J connectivity index is 1.64. The van der Waals surface area contributed by atoms with Crippen LogP contribution < -0.4 is 5.73 Å². The van der Waals surface area contributed by atoms with E-state index < -0.39 is 0 Å². The second-order valence-electron chi connectivity index (χ2n) is 5.99. The van der Waals surface area contributed by atoms with Crippen LogP contribution in [0.25, 0.3) is 0 Å². The smallest absolute Gasteiger partial charge is 0.0858 e. The van der Waals surface area contributed by atoms with E-state index in [0.717, 1.165) is 5.92 Å². The van der Waals surface area contributed by atoms with E-state index in [1.54, 1.807) is 0 Å². The van der Waals surface area contributed by atoms with Crippen molar-refractivity contribution in [3.8, 4) is 0 Å². The number of nitrogens with zero attached hydrogens (tertiary/aromatic N) is 3. The molecule has 16 heavy (non-hydrogen) atoms. The summed E-state index contributed by atoms with van der Waals surface area (Å²) in [6.45, 7) is 0. The first-order valence-corrected chi connectivity index (χ1v) is 6.45. The van der Waals surface area contributed by atoms with Crippen LogP contribution in [0.1, 0.15) is 56.2 Å². The summed E-state index contributed by atoms with van der Waals surface area (Å²) in [4.78, 5) is 0. The molecule has 2 N–H and O–H groups in total. The number of fused-ring (bicyclic) bond motifs is 2. The number of aromatic nitrogens is 3. The van der Waals surface area contributed by atoms with Crippen LogP contribution >= 0.6 is 0 Å². The third kappa shape index (κ3) is 1.19. The maximum atomic E-state index is 6.49. The third-order valence-corrected chi connectivity index (χ3v) is 4.75. The van der Waals surface area contributed by atoms with Gasteiger partial charge in [-0.3, -0.25) is 0 Å². The number of hydrogen-bond donors (Lipinski definition) is 1. The van der Waals surface area contributed by atoms with Gasteiger partial charge in [0.1, 0.15) is 0 Å². The van der Waals surface area contributed by atoms with Crippen LogP contribution in [0.3, 0.4) is 0 Å². The first-order valence-electron chi connectivity index (χ1n) is 6.45. The van der Waals surface area contributed by atoms with Crippen molar-refractivity contribution in [2.24, 2.45) is 11.7 Å². The molecule has 3 aliphatic carbocycles. The lowest BCUT2D eigenvalue weighted by molar-refractivity contribution is 0.260. The van der Waals surface area contributed by atoms with Crippen molar-refractivity contribution < 1.29 is 0 Å². The summed E-state index contributed by atoms with van der Waals surface area (Å²) in [5.41, 5.74) is 7.69. The molecule has 3 aliphatic rings. The molecule has 0 aromatic carbocycles. The molecule has 0 aliphatic heterocycles. The molecule has 3 unspecified atom stereocenters. The fraction of sp³-hybridized carbons (Fsp3) is 0.833. The zero-order valence-electron chi connectivity index (χ0n) is 9.47. The summed E-state index contributed by atoms with van der Waals surface area (Å²) < 4.78 is 2.06. The minimum atomic E-state index is 0.0131. The molecular weight excluding hydrogens is 200 g/mol. The van der Waals surface area contributed by atoms with Crippen molar-refractivity contribution in [1.29, 1.82) is 0 Å². The predicted octanol–water partition coefficient (Wildman–Crippen LogP) is 1.60. The Morgan fingerprint density at radius 3 is 2.88 bits per heavy atom. The Bertz CT molecular complexity index is 422. The van der Waals surface area contributed by atoms with Crippen molar-refractivity contribution in [3.63, 3.8) is 0 Å². The number of hydrogen-bond acceptors (Lipinski definition) is 3. The Labute approximate surface area is 95.2 Å². The van der Waals surface area contributed by atoms with Gasteiger partial charge in [-0.25, -0.2) is 4.68 Å². The Hall–Kier alpha value is -0.900. The average Bonchev–Trinajstić information content (AvgIpc) is 2.76. The van der Waals surface area contributed by atoms with Gasteiger partial charge in [0.15, 0.2) is 0 Å². The Morgan fingerprint density at radius 2 is 2.25 bits per heavy atom. The fourth-order valence-corrected chi connectivity index (χ4v) is 3.65. The van der Waals surface area contributed by atoms with Crippen molar-refractivity contribution in [3.05, 3.63) is 11.9 Å². The van der Waals surface area contributed by atoms with Crippen LogP contribution in [0.4, 0.5) is 0 Å². The Kier molecular flexibility index (Phi) is 1.64. The molecule has 4 rings (SSSR count). The van der Waals surface area contributed by atoms with Crippen LogP contribution in [0.5, 0.6) is 0 Å². The summed E-state index contributed by atoms with van der Waals surface area (Å²) >= 11 is 0. The molecule has 0 radical (unpaired) electrons. The summed E-state index contributed by atoms with van der Waals surface area (Å²) in [6, 6.07) is 0.409. The van der Waals surface area contributed by atoms with Gasteiger partial charge >= 0.3 is 0 Å². The zero-order chi connectivity index (χ0) is 10.8. The van der Waals surface area contributed by atoms with Crippen LogP contribution in [0.15, 0.2) is 6.20 Å². The molecule has 3 fully saturated rings. The topological polar surface area (TPSA) is 56.7 Å². The number of rotatable bonds is 2. The van der Waals surface area contributed by atoms with Crippen molar-refractivity contribution >= 4 is 0 Å². The maximum absolute atomic E-state index is 6.49. The van der Waals surface area contributed by atoms with Crippen LogP contribution in [0, 0.1) is 5.92 Å². The molecule has 0 saturated heterocycles. The summed E-state index contributed by atoms with van der Waals surface area (Å²) in [7, 11) is 0. The zero-order valence-corrected chi connectivity index (χ0v) is 9.47. The normalized spacial score (nSPS) is 41.8. The first-order chi connectivity index (χ1) is 7.74. The summed E-state index contributed by atoms with van der Waals surface area (Å²) in [5.74, 6) is 1.53. The fourth-order valence-electron chi connectivity index (χ4n) is 3.65. The lowest BCUT2D eigenvalue weighted by Crippen LogP contribution is -2.43. The third-order valence-electron chi connectivity index (χ3n) is 4.75. The molecule has 1 heterocycles. The van der Waals surface area contributed by atoms with Gasteiger partial charge in [-0.1, -0.05) is 5.21 Å². The van der Waals surface area contributed by atoms with Crippen LogP contribution in [-0.2, 0) is 0 Å². The SMILES string of the molecule is NC12CCC(CC1n1cc(C3CC3)nn1)C2. The monoisotopic (exact) mass is 218 g/mol. The van der Waals surface area contributed by atoms with Crippen molar-refractivity contribution in [1.82, 2.24) is 15.0 Å². The second kappa shape index (κ2) is 2.86. The van der Waals surface area contributed by atoms with Gasteiger partial charge in [0.2, 0.25) is 0 Å². The minimum absolute atomic E-state index is 0.0131. The number of nitrogens with two attached hydrogens (primary N) is 1. The van der Waals surface area contributed by atoms with Gasteiger partial charge in [-0.05, 0) is 44.4 Å². The van der Waals surface area contributed by atoms with E-state index in [-0.39, 0.29) is 5.54 Å². The molecule has 86 valence electrons. The molecular formula is C12H18N4. The van der Waals surface area contributed by atoms with E-state index in [1.807, 2.05) is 0 Å². The highest BCUT2D eigenvalue weighted by Gasteiger charge is 2.51. The van der Waals surface area contributed by atoms with E-state index in [0.29, 0.717) is 12.0 Å². The van der Waals surface area contributed by atoms with E-state index in [9.17, 15) is 0 Å². The van der Waals surface area contributed by atoms with E-state index in [2.05, 4.69) is 21.2 Å². The second-order valence-corrected chi connectivity index (χ2v) is 5.99. The Morgan fingerprint density at radius 1 is 1.38 bits per heavy atom. The lowest BCUT2D eigenvalue weighted by atomic mass is 9.89. The molecule has 3 atom stereocenters. The highest BCUT2D eigenvalue weighted by molar-refractivity contribution is 5.13. The maximum Gasteiger partial charge on any atom is 0.0858 e. The molecule has 0 spiro atoms. The summed E-state index contributed by atoms with van der Waals surface area (Å²) in [5, 5.41) is 8.60. The molecule has 4 nitrogen and oxygen atoms in total. The quantitative estimate of drug-likeness (QED) is 0.820. The molecule has 1 aromatic heterocycles. The first kappa shape index (κ1) is 9.16. The highest BCUT2D eigenvalue weighted by atomic mass is 15.4. The average molecular weight is 218 g/mol. The lowest BCUT2D eigenvalue weighted by Gasteiger charge is -2.30. The molecule has 2 bridgehead atoms. The molecule has 1 aromatic rings. The predicted molar refractivity (Wildman–Crippen MR) is 59.9 cm³/mol.